The second kappa shape index (κ2) is 5.52. The van der Waals surface area contributed by atoms with Crippen LogP contribution in [0.3, 0.4) is 0 Å². The minimum absolute atomic E-state index is 0.134. The predicted molar refractivity (Wildman–Crippen MR) is 84.4 cm³/mol. The molecular formula is C14H11ClN2OS2. The number of fused-ring (bicyclic) bond motifs is 1. The first-order valence-corrected chi connectivity index (χ1v) is 8.06. The molecule has 2 heterocycles. The summed E-state index contributed by atoms with van der Waals surface area (Å²) in [5, 5.41) is 2.63. The fraction of sp³-hybridized carbons (Fsp3) is 0.143. The summed E-state index contributed by atoms with van der Waals surface area (Å²) in [6.07, 6.45) is 0.347. The van der Waals surface area contributed by atoms with Gasteiger partial charge in [-0.25, -0.2) is 0 Å². The zero-order valence-electron chi connectivity index (χ0n) is 10.7. The van der Waals surface area contributed by atoms with E-state index in [1.165, 1.54) is 11.3 Å². The van der Waals surface area contributed by atoms with Crippen molar-refractivity contribution < 1.29 is 4.79 Å². The van der Waals surface area contributed by atoms with Crippen molar-refractivity contribution in [1.29, 1.82) is 0 Å². The van der Waals surface area contributed by atoms with Crippen LogP contribution in [-0.4, -0.2) is 10.5 Å². The van der Waals surface area contributed by atoms with Gasteiger partial charge in [0.25, 0.3) is 5.91 Å². The molecule has 20 heavy (non-hydrogen) atoms. The fourth-order valence-electron chi connectivity index (χ4n) is 1.97. The highest BCUT2D eigenvalue weighted by Gasteiger charge is 2.08. The van der Waals surface area contributed by atoms with Gasteiger partial charge in [0.05, 0.1) is 21.7 Å². The number of halogens is 1. The van der Waals surface area contributed by atoms with Crippen molar-refractivity contribution in [3.05, 3.63) is 50.4 Å². The average molecular weight is 323 g/mol. The van der Waals surface area contributed by atoms with E-state index in [2.05, 4.69) is 4.99 Å². The summed E-state index contributed by atoms with van der Waals surface area (Å²) in [6, 6.07) is 9.60. The number of aromatic nitrogens is 1. The molecule has 1 amide bonds. The molecule has 0 atom stereocenters. The molecule has 0 bridgehead atoms. The van der Waals surface area contributed by atoms with E-state index >= 15 is 0 Å². The second-order valence-corrected chi connectivity index (χ2v) is 6.74. The second-order valence-electron chi connectivity index (χ2n) is 4.29. The Kier molecular flexibility index (Phi) is 3.74. The maximum Gasteiger partial charge on any atom is 0.253 e. The van der Waals surface area contributed by atoms with Gasteiger partial charge in [-0.2, -0.15) is 4.99 Å². The lowest BCUT2D eigenvalue weighted by molar-refractivity contribution is -0.117. The molecule has 6 heteroatoms. The number of nitrogens with zero attached hydrogens (tertiary/aromatic N) is 2. The number of thiazole rings is 1. The smallest absolute Gasteiger partial charge is 0.253 e. The van der Waals surface area contributed by atoms with E-state index in [4.69, 9.17) is 11.6 Å². The molecule has 0 aliphatic rings. The molecule has 1 aromatic carbocycles. The number of rotatable bonds is 2. The van der Waals surface area contributed by atoms with Crippen molar-refractivity contribution in [2.24, 2.45) is 12.0 Å². The Labute approximate surface area is 128 Å². The van der Waals surface area contributed by atoms with Crippen LogP contribution in [0.15, 0.2) is 40.7 Å². The minimum Gasteiger partial charge on any atom is -0.318 e. The van der Waals surface area contributed by atoms with E-state index in [9.17, 15) is 4.79 Å². The Morgan fingerprint density at radius 2 is 2.20 bits per heavy atom. The maximum absolute atomic E-state index is 12.0. The zero-order chi connectivity index (χ0) is 14.1. The third-order valence-corrected chi connectivity index (χ3v) is 5.18. The maximum atomic E-state index is 12.0. The Balaban J connectivity index is 2.01. The summed E-state index contributed by atoms with van der Waals surface area (Å²) >= 11 is 9.23. The molecule has 0 unspecified atom stereocenters. The SMILES string of the molecule is Cn1c(=NC(=O)Cc2cccs2)sc2cccc(Cl)c21. The lowest BCUT2D eigenvalue weighted by Gasteiger charge is -1.97. The van der Waals surface area contributed by atoms with Crippen molar-refractivity contribution in [3.63, 3.8) is 0 Å². The number of benzene rings is 1. The minimum atomic E-state index is -0.134. The number of thiophene rings is 1. The highest BCUT2D eigenvalue weighted by atomic mass is 35.5. The van der Waals surface area contributed by atoms with Crippen LogP contribution < -0.4 is 4.80 Å². The largest absolute Gasteiger partial charge is 0.318 e. The van der Waals surface area contributed by atoms with Crippen LogP contribution in [0.25, 0.3) is 10.2 Å². The highest BCUT2D eigenvalue weighted by Crippen LogP contribution is 2.24. The molecule has 0 aliphatic carbocycles. The van der Waals surface area contributed by atoms with Gasteiger partial charge in [-0.15, -0.1) is 11.3 Å². The molecule has 0 spiro atoms. The van der Waals surface area contributed by atoms with E-state index < -0.39 is 0 Å². The van der Waals surface area contributed by atoms with E-state index in [0.29, 0.717) is 16.2 Å². The number of hydrogen-bond donors (Lipinski definition) is 0. The predicted octanol–water partition coefficient (Wildman–Crippen LogP) is 3.62. The number of para-hydroxylation sites is 1. The lowest BCUT2D eigenvalue weighted by Crippen LogP contribution is -2.14. The first-order valence-electron chi connectivity index (χ1n) is 5.99. The van der Waals surface area contributed by atoms with Gasteiger partial charge in [0, 0.05) is 11.9 Å². The molecule has 3 nitrogen and oxygen atoms in total. The van der Waals surface area contributed by atoms with Gasteiger partial charge in [-0.3, -0.25) is 4.79 Å². The van der Waals surface area contributed by atoms with Gasteiger partial charge in [0.15, 0.2) is 4.80 Å². The van der Waals surface area contributed by atoms with Crippen LogP contribution in [-0.2, 0) is 18.3 Å². The molecule has 0 aliphatic heterocycles. The molecule has 0 saturated heterocycles. The van der Waals surface area contributed by atoms with E-state index in [1.807, 2.05) is 47.3 Å². The Morgan fingerprint density at radius 3 is 2.90 bits per heavy atom. The van der Waals surface area contributed by atoms with Gasteiger partial charge in [-0.05, 0) is 23.6 Å². The van der Waals surface area contributed by atoms with Crippen LogP contribution in [0.2, 0.25) is 5.02 Å². The van der Waals surface area contributed by atoms with Crippen LogP contribution in [0.1, 0.15) is 4.88 Å². The topological polar surface area (TPSA) is 34.4 Å². The molecule has 0 N–H and O–H groups in total. The van der Waals surface area contributed by atoms with Crippen LogP contribution in [0, 0.1) is 0 Å². The third-order valence-electron chi connectivity index (χ3n) is 2.90. The van der Waals surface area contributed by atoms with Gasteiger partial charge < -0.3 is 4.57 Å². The van der Waals surface area contributed by atoms with Crippen molar-refractivity contribution in [2.45, 2.75) is 6.42 Å². The van der Waals surface area contributed by atoms with E-state index in [-0.39, 0.29) is 5.91 Å². The molecule has 2 aromatic heterocycles. The monoisotopic (exact) mass is 322 g/mol. The van der Waals surface area contributed by atoms with Gasteiger partial charge in [-0.1, -0.05) is 35.1 Å². The number of aryl methyl sites for hydroxylation is 1. The first-order chi connectivity index (χ1) is 9.65. The Morgan fingerprint density at radius 1 is 1.35 bits per heavy atom. The zero-order valence-corrected chi connectivity index (χ0v) is 13.1. The van der Waals surface area contributed by atoms with Crippen molar-refractivity contribution in [1.82, 2.24) is 4.57 Å². The summed E-state index contributed by atoms with van der Waals surface area (Å²) in [7, 11) is 1.88. The quantitative estimate of drug-likeness (QED) is 0.709. The average Bonchev–Trinajstić information content (AvgIpc) is 3.00. The number of carbonyl (C=O) groups excluding carboxylic acids is 1. The standard InChI is InChI=1S/C14H11ClN2OS2/c1-17-13-10(15)5-2-6-11(13)20-14(17)16-12(18)8-9-4-3-7-19-9/h2-7H,8H2,1H3. The molecular weight excluding hydrogens is 312 g/mol. The Bertz CT molecular complexity index is 831. The summed E-state index contributed by atoms with van der Waals surface area (Å²) in [5.74, 6) is -0.134. The van der Waals surface area contributed by atoms with Crippen LogP contribution in [0.4, 0.5) is 0 Å². The number of amides is 1. The van der Waals surface area contributed by atoms with Crippen molar-refractivity contribution in [3.8, 4) is 0 Å². The highest BCUT2D eigenvalue weighted by molar-refractivity contribution is 7.16. The summed E-state index contributed by atoms with van der Waals surface area (Å²) in [4.78, 5) is 17.9. The van der Waals surface area contributed by atoms with E-state index in [0.717, 1.165) is 15.1 Å². The normalized spacial score (nSPS) is 12.2. The molecule has 0 fully saturated rings. The van der Waals surface area contributed by atoms with Gasteiger partial charge in [0.2, 0.25) is 0 Å². The van der Waals surface area contributed by atoms with Gasteiger partial charge >= 0.3 is 0 Å². The number of hydrogen-bond acceptors (Lipinski definition) is 3. The Hall–Kier alpha value is -1.43. The van der Waals surface area contributed by atoms with Gasteiger partial charge in [0.1, 0.15) is 0 Å². The molecule has 0 saturated carbocycles. The van der Waals surface area contributed by atoms with Crippen molar-refractivity contribution >= 4 is 50.4 Å². The lowest BCUT2D eigenvalue weighted by atomic mass is 10.3. The number of carbonyl (C=O) groups is 1. The summed E-state index contributed by atoms with van der Waals surface area (Å²) < 4.78 is 2.90. The third kappa shape index (κ3) is 2.57. The molecule has 3 aromatic rings. The van der Waals surface area contributed by atoms with E-state index in [1.54, 1.807) is 11.3 Å². The molecule has 3 rings (SSSR count). The van der Waals surface area contributed by atoms with Crippen LogP contribution >= 0.6 is 34.3 Å². The summed E-state index contributed by atoms with van der Waals surface area (Å²) in [6.45, 7) is 0. The first kappa shape index (κ1) is 13.5. The van der Waals surface area contributed by atoms with Crippen molar-refractivity contribution in [2.75, 3.05) is 0 Å². The molecule has 0 radical (unpaired) electrons. The summed E-state index contributed by atoms with van der Waals surface area (Å²) in [5.41, 5.74) is 0.918. The van der Waals surface area contributed by atoms with Crippen LogP contribution in [0.5, 0.6) is 0 Å². The molecule has 102 valence electrons. The fourth-order valence-corrected chi connectivity index (χ4v) is 4.09.